The Balaban J connectivity index is 1.38. The van der Waals surface area contributed by atoms with E-state index in [9.17, 15) is 9.59 Å². The summed E-state index contributed by atoms with van der Waals surface area (Å²) in [7, 11) is 1.61. The van der Waals surface area contributed by atoms with Crippen molar-refractivity contribution in [2.45, 2.75) is 25.8 Å². The topological polar surface area (TPSA) is 58.6 Å². The van der Waals surface area contributed by atoms with Gasteiger partial charge in [0, 0.05) is 30.8 Å². The molecule has 31 heavy (non-hydrogen) atoms. The summed E-state index contributed by atoms with van der Waals surface area (Å²) in [6.45, 7) is 1.11. The predicted molar refractivity (Wildman–Crippen MR) is 121 cm³/mol. The minimum absolute atomic E-state index is 0.0227. The quantitative estimate of drug-likeness (QED) is 0.632. The number of carbonyl (C=O) groups excluding carboxylic acids is 2. The van der Waals surface area contributed by atoms with Gasteiger partial charge in [0.05, 0.1) is 7.11 Å². The van der Waals surface area contributed by atoms with Crippen LogP contribution in [-0.2, 0) is 24.2 Å². The molecule has 158 valence electrons. The summed E-state index contributed by atoms with van der Waals surface area (Å²) >= 11 is 0. The summed E-state index contributed by atoms with van der Waals surface area (Å²) in [6.07, 6.45) is 2.01. The van der Waals surface area contributed by atoms with Crippen LogP contribution in [0.2, 0.25) is 0 Å². The highest BCUT2D eigenvalue weighted by atomic mass is 16.5. The molecular formula is C26H26N2O3. The van der Waals surface area contributed by atoms with E-state index in [1.165, 1.54) is 0 Å². The maximum atomic E-state index is 13.0. The van der Waals surface area contributed by atoms with Crippen molar-refractivity contribution in [1.82, 2.24) is 5.32 Å². The maximum absolute atomic E-state index is 13.0. The van der Waals surface area contributed by atoms with Crippen molar-refractivity contribution in [1.29, 1.82) is 0 Å². The van der Waals surface area contributed by atoms with Gasteiger partial charge >= 0.3 is 0 Å². The van der Waals surface area contributed by atoms with Crippen LogP contribution in [0.3, 0.4) is 0 Å². The number of ether oxygens (including phenoxy) is 1. The molecule has 5 nitrogen and oxygen atoms in total. The van der Waals surface area contributed by atoms with Crippen molar-refractivity contribution in [3.05, 3.63) is 95.1 Å². The van der Waals surface area contributed by atoms with Crippen LogP contribution >= 0.6 is 0 Å². The van der Waals surface area contributed by atoms with E-state index in [0.29, 0.717) is 25.1 Å². The molecule has 3 aromatic carbocycles. The van der Waals surface area contributed by atoms with E-state index in [0.717, 1.165) is 41.0 Å². The van der Waals surface area contributed by atoms with E-state index in [1.807, 2.05) is 47.4 Å². The fourth-order valence-electron chi connectivity index (χ4n) is 3.83. The van der Waals surface area contributed by atoms with Crippen molar-refractivity contribution in [2.24, 2.45) is 0 Å². The molecule has 0 aliphatic carbocycles. The lowest BCUT2D eigenvalue weighted by molar-refractivity contribution is -0.121. The van der Waals surface area contributed by atoms with Gasteiger partial charge in [0.1, 0.15) is 5.75 Å². The summed E-state index contributed by atoms with van der Waals surface area (Å²) in [5.41, 5.74) is 4.86. The first-order valence-electron chi connectivity index (χ1n) is 10.5. The molecule has 0 bridgehead atoms. The van der Waals surface area contributed by atoms with Crippen LogP contribution in [0, 0.1) is 0 Å². The second-order valence-corrected chi connectivity index (χ2v) is 7.66. The van der Waals surface area contributed by atoms with E-state index < -0.39 is 0 Å². The number of amides is 2. The molecule has 0 radical (unpaired) electrons. The van der Waals surface area contributed by atoms with Gasteiger partial charge in [-0.15, -0.1) is 0 Å². The van der Waals surface area contributed by atoms with Crippen molar-refractivity contribution in [3.63, 3.8) is 0 Å². The van der Waals surface area contributed by atoms with Crippen LogP contribution in [0.15, 0.2) is 72.8 Å². The standard InChI is InChI=1S/C26H26N2O3/c1-31-23-12-10-22(11-13-23)26(30)28-16-15-21-9-7-20(17-24(21)28)18-27-25(29)14-8-19-5-3-2-4-6-19/h2-7,9-13,17H,8,14-16,18H2,1H3,(H,27,29). The number of benzene rings is 3. The zero-order chi connectivity index (χ0) is 21.6. The second kappa shape index (κ2) is 9.47. The molecule has 1 aliphatic rings. The first-order valence-corrected chi connectivity index (χ1v) is 10.5. The minimum atomic E-state index is -0.0227. The van der Waals surface area contributed by atoms with E-state index in [1.54, 1.807) is 31.4 Å². The van der Waals surface area contributed by atoms with E-state index >= 15 is 0 Å². The Morgan fingerprint density at radius 2 is 1.74 bits per heavy atom. The number of methoxy groups -OCH3 is 1. The Hall–Kier alpha value is -3.60. The lowest BCUT2D eigenvalue weighted by atomic mass is 10.1. The van der Waals surface area contributed by atoms with Gasteiger partial charge in [0.2, 0.25) is 5.91 Å². The van der Waals surface area contributed by atoms with E-state index in [-0.39, 0.29) is 11.8 Å². The van der Waals surface area contributed by atoms with Crippen LogP contribution in [0.1, 0.15) is 33.5 Å². The normalized spacial score (nSPS) is 12.4. The van der Waals surface area contributed by atoms with Gasteiger partial charge < -0.3 is 15.0 Å². The molecule has 2 amide bonds. The summed E-state index contributed by atoms with van der Waals surface area (Å²) in [5, 5.41) is 2.99. The van der Waals surface area contributed by atoms with Crippen LogP contribution in [0.25, 0.3) is 0 Å². The average Bonchev–Trinajstić information content (AvgIpc) is 3.25. The Labute approximate surface area is 182 Å². The lowest BCUT2D eigenvalue weighted by Crippen LogP contribution is -2.29. The molecule has 3 aromatic rings. The number of carbonyl (C=O) groups is 2. The number of aryl methyl sites for hydroxylation is 1. The van der Waals surface area contributed by atoms with E-state index in [4.69, 9.17) is 4.74 Å². The zero-order valence-corrected chi connectivity index (χ0v) is 17.6. The molecule has 5 heteroatoms. The smallest absolute Gasteiger partial charge is 0.258 e. The highest BCUT2D eigenvalue weighted by Gasteiger charge is 2.25. The Kier molecular flexibility index (Phi) is 6.32. The van der Waals surface area contributed by atoms with E-state index in [2.05, 4.69) is 11.4 Å². The van der Waals surface area contributed by atoms with Gasteiger partial charge in [-0.3, -0.25) is 9.59 Å². The van der Waals surface area contributed by atoms with Crippen molar-refractivity contribution in [3.8, 4) is 5.75 Å². The van der Waals surface area contributed by atoms with Crippen LogP contribution < -0.4 is 15.0 Å². The third-order valence-corrected chi connectivity index (χ3v) is 5.60. The number of hydrogen-bond donors (Lipinski definition) is 1. The molecule has 0 saturated carbocycles. The number of nitrogens with zero attached hydrogens (tertiary/aromatic N) is 1. The highest BCUT2D eigenvalue weighted by molar-refractivity contribution is 6.07. The molecule has 1 aliphatic heterocycles. The van der Waals surface area contributed by atoms with Crippen molar-refractivity contribution in [2.75, 3.05) is 18.6 Å². The molecule has 0 unspecified atom stereocenters. The molecule has 0 fully saturated rings. The van der Waals surface area contributed by atoms with Gasteiger partial charge in [-0.25, -0.2) is 0 Å². The fraction of sp³-hybridized carbons (Fsp3) is 0.231. The summed E-state index contributed by atoms with van der Waals surface area (Å²) in [6, 6.07) is 23.3. The zero-order valence-electron chi connectivity index (χ0n) is 17.6. The van der Waals surface area contributed by atoms with Crippen molar-refractivity contribution >= 4 is 17.5 Å². The first-order chi connectivity index (χ1) is 15.1. The van der Waals surface area contributed by atoms with Crippen LogP contribution in [0.5, 0.6) is 5.75 Å². The largest absolute Gasteiger partial charge is 0.497 e. The molecule has 0 spiro atoms. The Bertz CT molecular complexity index is 1060. The van der Waals surface area contributed by atoms with Crippen LogP contribution in [-0.4, -0.2) is 25.5 Å². The van der Waals surface area contributed by atoms with Gasteiger partial charge in [0.25, 0.3) is 5.91 Å². The Morgan fingerprint density at radius 1 is 0.968 bits per heavy atom. The van der Waals surface area contributed by atoms with Crippen molar-refractivity contribution < 1.29 is 14.3 Å². The van der Waals surface area contributed by atoms with Gasteiger partial charge in [0.15, 0.2) is 0 Å². The molecule has 0 atom stereocenters. The fourth-order valence-corrected chi connectivity index (χ4v) is 3.83. The monoisotopic (exact) mass is 414 g/mol. The number of hydrogen-bond acceptors (Lipinski definition) is 3. The third kappa shape index (κ3) is 4.94. The van der Waals surface area contributed by atoms with Gasteiger partial charge in [-0.1, -0.05) is 42.5 Å². The maximum Gasteiger partial charge on any atom is 0.258 e. The molecule has 1 heterocycles. The SMILES string of the molecule is COc1ccc(C(=O)N2CCc3ccc(CNC(=O)CCc4ccccc4)cc32)cc1. The number of anilines is 1. The number of rotatable bonds is 7. The highest BCUT2D eigenvalue weighted by Crippen LogP contribution is 2.30. The average molecular weight is 415 g/mol. The third-order valence-electron chi connectivity index (χ3n) is 5.60. The molecule has 4 rings (SSSR count). The summed E-state index contributed by atoms with van der Waals surface area (Å²) in [5.74, 6) is 0.727. The predicted octanol–water partition coefficient (Wildman–Crippen LogP) is 4.15. The second-order valence-electron chi connectivity index (χ2n) is 7.66. The molecule has 0 saturated heterocycles. The Morgan fingerprint density at radius 3 is 2.48 bits per heavy atom. The summed E-state index contributed by atoms with van der Waals surface area (Å²) < 4.78 is 5.18. The van der Waals surface area contributed by atoms with Gasteiger partial charge in [-0.05, 0) is 59.9 Å². The number of nitrogens with one attached hydrogen (secondary N) is 1. The molecule has 0 aromatic heterocycles. The minimum Gasteiger partial charge on any atom is -0.497 e. The first kappa shape index (κ1) is 20.7. The lowest BCUT2D eigenvalue weighted by Gasteiger charge is -2.18. The van der Waals surface area contributed by atoms with Crippen LogP contribution in [0.4, 0.5) is 5.69 Å². The summed E-state index contributed by atoms with van der Waals surface area (Å²) in [4.78, 5) is 27.1. The number of fused-ring (bicyclic) bond motifs is 1. The molecular weight excluding hydrogens is 388 g/mol. The molecule has 1 N–H and O–H groups in total. The van der Waals surface area contributed by atoms with Gasteiger partial charge in [-0.2, -0.15) is 0 Å².